The van der Waals surface area contributed by atoms with Crippen LogP contribution in [0.5, 0.6) is 0 Å². The summed E-state index contributed by atoms with van der Waals surface area (Å²) in [5.41, 5.74) is 2.52. The number of nitrogens with two attached hydrogens (primary N) is 1. The first kappa shape index (κ1) is 11.6. The second-order valence-corrected chi connectivity index (χ2v) is 5.59. The van der Waals surface area contributed by atoms with Crippen molar-refractivity contribution >= 4 is 33.3 Å². The van der Waals surface area contributed by atoms with Crippen LogP contribution < -0.4 is 16.6 Å². The van der Waals surface area contributed by atoms with Crippen molar-refractivity contribution in [1.82, 2.24) is 9.97 Å². The standard InChI is InChI=1S/C11H15N5OS/c12-16-10-14-8(7-1-4-18-9(7)15-10)13-5-11(6-17)2-3-11/h1,4,17H,2-3,5-6,12H2,(H2,13,14,15,16). The maximum Gasteiger partial charge on any atom is 0.240 e. The first-order valence-corrected chi connectivity index (χ1v) is 6.71. The van der Waals surface area contributed by atoms with Crippen LogP contribution in [-0.2, 0) is 0 Å². The van der Waals surface area contributed by atoms with Crippen molar-refractivity contribution < 1.29 is 5.11 Å². The Kier molecular flexibility index (Phi) is 2.81. The molecule has 6 nitrogen and oxygen atoms in total. The van der Waals surface area contributed by atoms with E-state index in [9.17, 15) is 5.11 Å². The summed E-state index contributed by atoms with van der Waals surface area (Å²) in [6, 6.07) is 1.99. The van der Waals surface area contributed by atoms with Crippen LogP contribution in [-0.4, -0.2) is 28.2 Å². The molecule has 96 valence electrons. The normalized spacial score (nSPS) is 16.8. The molecule has 1 aliphatic carbocycles. The van der Waals surface area contributed by atoms with Crippen molar-refractivity contribution in [2.75, 3.05) is 23.9 Å². The fourth-order valence-corrected chi connectivity index (χ4v) is 2.66. The molecule has 3 rings (SSSR count). The zero-order chi connectivity index (χ0) is 12.6. The minimum absolute atomic E-state index is 0.0452. The zero-order valence-electron chi connectivity index (χ0n) is 9.81. The van der Waals surface area contributed by atoms with E-state index in [0.29, 0.717) is 5.95 Å². The van der Waals surface area contributed by atoms with E-state index in [2.05, 4.69) is 20.7 Å². The van der Waals surface area contributed by atoms with Gasteiger partial charge in [0, 0.05) is 12.0 Å². The number of hydrazine groups is 1. The number of nitrogens with zero attached hydrogens (tertiary/aromatic N) is 2. The molecule has 2 aromatic rings. The van der Waals surface area contributed by atoms with Crippen LogP contribution in [0.4, 0.5) is 11.8 Å². The number of nitrogens with one attached hydrogen (secondary N) is 2. The number of hydrogen-bond donors (Lipinski definition) is 4. The van der Waals surface area contributed by atoms with Gasteiger partial charge in [-0.15, -0.1) is 11.3 Å². The lowest BCUT2D eigenvalue weighted by Gasteiger charge is -2.14. The SMILES string of the molecule is NNc1nc(NCC2(CO)CC2)c2ccsc2n1. The van der Waals surface area contributed by atoms with Crippen LogP contribution in [0.3, 0.4) is 0 Å². The molecule has 7 heteroatoms. The van der Waals surface area contributed by atoms with Crippen molar-refractivity contribution in [3.63, 3.8) is 0 Å². The predicted molar refractivity (Wildman–Crippen MR) is 72.5 cm³/mol. The Morgan fingerprint density at radius 3 is 2.94 bits per heavy atom. The fraction of sp³-hybridized carbons (Fsp3) is 0.455. The highest BCUT2D eigenvalue weighted by atomic mass is 32.1. The molecule has 2 heterocycles. The molecular weight excluding hydrogens is 250 g/mol. The maximum atomic E-state index is 9.31. The summed E-state index contributed by atoms with van der Waals surface area (Å²) in [6.45, 7) is 0.954. The Morgan fingerprint density at radius 1 is 1.44 bits per heavy atom. The molecule has 0 spiro atoms. The molecule has 0 atom stereocenters. The molecule has 0 radical (unpaired) electrons. The highest BCUT2D eigenvalue weighted by Gasteiger charge is 2.41. The van der Waals surface area contributed by atoms with Gasteiger partial charge in [-0.05, 0) is 24.3 Å². The van der Waals surface area contributed by atoms with Crippen LogP contribution in [0.15, 0.2) is 11.4 Å². The Bertz CT molecular complexity index is 566. The van der Waals surface area contributed by atoms with Gasteiger partial charge in [0.15, 0.2) is 0 Å². The topological polar surface area (TPSA) is 96.1 Å². The molecular formula is C11H15N5OS. The molecule has 0 saturated heterocycles. The van der Waals surface area contributed by atoms with Gasteiger partial charge < -0.3 is 10.4 Å². The van der Waals surface area contributed by atoms with Crippen molar-refractivity contribution in [1.29, 1.82) is 0 Å². The number of hydrogen-bond acceptors (Lipinski definition) is 7. The number of rotatable bonds is 5. The minimum atomic E-state index is 0.0452. The largest absolute Gasteiger partial charge is 0.396 e. The number of nitrogen functional groups attached to an aromatic ring is 1. The molecule has 0 aromatic carbocycles. The van der Waals surface area contributed by atoms with Crippen LogP contribution in [0.25, 0.3) is 10.2 Å². The molecule has 5 N–H and O–H groups in total. The average molecular weight is 265 g/mol. The smallest absolute Gasteiger partial charge is 0.240 e. The van der Waals surface area contributed by atoms with E-state index in [1.807, 2.05) is 11.4 Å². The Balaban J connectivity index is 1.87. The maximum absolute atomic E-state index is 9.31. The number of aliphatic hydroxyl groups is 1. The first-order chi connectivity index (χ1) is 8.76. The van der Waals surface area contributed by atoms with Gasteiger partial charge in [-0.2, -0.15) is 4.98 Å². The third kappa shape index (κ3) is 2.00. The summed E-state index contributed by atoms with van der Waals surface area (Å²) in [5.74, 6) is 6.54. The van der Waals surface area contributed by atoms with Crippen LogP contribution in [0.1, 0.15) is 12.8 Å². The second-order valence-electron chi connectivity index (χ2n) is 4.69. The van der Waals surface area contributed by atoms with Gasteiger partial charge >= 0.3 is 0 Å². The van der Waals surface area contributed by atoms with E-state index < -0.39 is 0 Å². The number of aromatic nitrogens is 2. The zero-order valence-corrected chi connectivity index (χ0v) is 10.6. The van der Waals surface area contributed by atoms with Crippen molar-refractivity contribution in [3.8, 4) is 0 Å². The van der Waals surface area contributed by atoms with Gasteiger partial charge in [-0.1, -0.05) is 0 Å². The average Bonchev–Trinajstić information content (AvgIpc) is 3.04. The highest BCUT2D eigenvalue weighted by molar-refractivity contribution is 7.16. The quantitative estimate of drug-likeness (QED) is 0.478. The molecule has 1 fully saturated rings. The van der Waals surface area contributed by atoms with Gasteiger partial charge in [-0.3, -0.25) is 5.43 Å². The monoisotopic (exact) mass is 265 g/mol. The Morgan fingerprint density at radius 2 is 2.28 bits per heavy atom. The minimum Gasteiger partial charge on any atom is -0.396 e. The second kappa shape index (κ2) is 4.34. The van der Waals surface area contributed by atoms with Crippen molar-refractivity contribution in [2.24, 2.45) is 11.3 Å². The number of thiophene rings is 1. The number of fused-ring (bicyclic) bond motifs is 1. The van der Waals surface area contributed by atoms with E-state index >= 15 is 0 Å². The van der Waals surface area contributed by atoms with Gasteiger partial charge in [0.2, 0.25) is 5.95 Å². The molecule has 1 saturated carbocycles. The van der Waals surface area contributed by atoms with Gasteiger partial charge in [0.1, 0.15) is 10.6 Å². The Labute approximate surface area is 108 Å². The summed E-state index contributed by atoms with van der Waals surface area (Å²) in [4.78, 5) is 9.50. The first-order valence-electron chi connectivity index (χ1n) is 5.83. The summed E-state index contributed by atoms with van der Waals surface area (Å²) in [6.07, 6.45) is 2.13. The van der Waals surface area contributed by atoms with E-state index in [1.54, 1.807) is 11.3 Å². The fourth-order valence-electron chi connectivity index (χ4n) is 1.89. The molecule has 1 aliphatic rings. The van der Waals surface area contributed by atoms with Crippen LogP contribution in [0.2, 0.25) is 0 Å². The highest BCUT2D eigenvalue weighted by Crippen LogP contribution is 2.45. The summed E-state index contributed by atoms with van der Waals surface area (Å²) >= 11 is 1.55. The summed E-state index contributed by atoms with van der Waals surface area (Å²) < 4.78 is 0. The molecule has 2 aromatic heterocycles. The molecule has 0 unspecified atom stereocenters. The molecule has 0 aliphatic heterocycles. The lowest BCUT2D eigenvalue weighted by molar-refractivity contribution is 0.219. The summed E-state index contributed by atoms with van der Waals surface area (Å²) in [5, 5.41) is 15.6. The van der Waals surface area contributed by atoms with Crippen LogP contribution in [0, 0.1) is 5.41 Å². The summed E-state index contributed by atoms with van der Waals surface area (Å²) in [7, 11) is 0. The van der Waals surface area contributed by atoms with Crippen molar-refractivity contribution in [2.45, 2.75) is 12.8 Å². The number of aliphatic hydroxyl groups excluding tert-OH is 1. The van der Waals surface area contributed by atoms with E-state index in [0.717, 1.165) is 35.4 Å². The van der Waals surface area contributed by atoms with Gasteiger partial charge in [-0.25, -0.2) is 10.8 Å². The van der Waals surface area contributed by atoms with Crippen LogP contribution >= 0.6 is 11.3 Å². The van der Waals surface area contributed by atoms with Gasteiger partial charge in [0.25, 0.3) is 0 Å². The molecule has 0 amide bonds. The third-order valence-corrected chi connectivity index (χ3v) is 4.18. The van der Waals surface area contributed by atoms with E-state index in [-0.39, 0.29) is 12.0 Å². The lowest BCUT2D eigenvalue weighted by atomic mass is 10.1. The van der Waals surface area contributed by atoms with E-state index in [4.69, 9.17) is 5.84 Å². The van der Waals surface area contributed by atoms with Gasteiger partial charge in [0.05, 0.1) is 12.0 Å². The molecule has 0 bridgehead atoms. The van der Waals surface area contributed by atoms with Crippen molar-refractivity contribution in [3.05, 3.63) is 11.4 Å². The molecule has 18 heavy (non-hydrogen) atoms. The number of anilines is 2. The van der Waals surface area contributed by atoms with E-state index in [1.165, 1.54) is 0 Å². The Hall–Kier alpha value is -1.44. The lowest BCUT2D eigenvalue weighted by Crippen LogP contribution is -2.20. The third-order valence-electron chi connectivity index (χ3n) is 3.38. The predicted octanol–water partition coefficient (Wildman–Crippen LogP) is 1.16.